The minimum Gasteiger partial charge on any atom is -0.0654 e. The van der Waals surface area contributed by atoms with Crippen molar-refractivity contribution in [3.05, 3.63) is 0 Å². The van der Waals surface area contributed by atoms with Crippen LogP contribution in [-0.4, -0.2) is 0 Å². The van der Waals surface area contributed by atoms with Gasteiger partial charge in [-0.05, 0) is 17.8 Å². The van der Waals surface area contributed by atoms with Crippen molar-refractivity contribution in [2.45, 2.75) is 117 Å². The van der Waals surface area contributed by atoms with Gasteiger partial charge in [-0.1, -0.05) is 117 Å². The predicted molar refractivity (Wildman–Crippen MR) is 96.7 cm³/mol. The van der Waals surface area contributed by atoms with Crippen LogP contribution >= 0.6 is 0 Å². The van der Waals surface area contributed by atoms with Gasteiger partial charge < -0.3 is 0 Å². The zero-order valence-corrected chi connectivity index (χ0v) is 15.3. The quantitative estimate of drug-likeness (QED) is 0.439. The molecule has 0 saturated heterocycles. The average Bonchev–Trinajstić information content (AvgIpc) is 2.47. The highest BCUT2D eigenvalue weighted by Gasteiger charge is 2.22. The van der Waals surface area contributed by atoms with Crippen molar-refractivity contribution in [3.8, 4) is 0 Å². The Morgan fingerprint density at radius 2 is 1.19 bits per heavy atom. The van der Waals surface area contributed by atoms with Crippen LogP contribution in [0.15, 0.2) is 0 Å². The van der Waals surface area contributed by atoms with Gasteiger partial charge in [0.15, 0.2) is 0 Å². The Morgan fingerprint density at radius 1 is 0.714 bits per heavy atom. The van der Waals surface area contributed by atoms with Crippen molar-refractivity contribution in [2.75, 3.05) is 0 Å². The summed E-state index contributed by atoms with van der Waals surface area (Å²) in [5.41, 5.74) is 0. The van der Waals surface area contributed by atoms with Crippen LogP contribution in [0.2, 0.25) is 0 Å². The molecule has 1 saturated carbocycles. The zero-order valence-electron chi connectivity index (χ0n) is 15.3. The van der Waals surface area contributed by atoms with Gasteiger partial charge >= 0.3 is 0 Å². The molecule has 1 aliphatic carbocycles. The highest BCUT2D eigenvalue weighted by molar-refractivity contribution is 4.73. The zero-order chi connectivity index (χ0) is 15.3. The van der Waals surface area contributed by atoms with Crippen molar-refractivity contribution in [2.24, 2.45) is 17.8 Å². The van der Waals surface area contributed by atoms with E-state index in [9.17, 15) is 0 Å². The molecule has 126 valence electrons. The molecule has 21 heavy (non-hydrogen) atoms. The lowest BCUT2D eigenvalue weighted by Crippen LogP contribution is -2.19. The third kappa shape index (κ3) is 8.89. The second-order valence-electron chi connectivity index (χ2n) is 7.85. The monoisotopic (exact) mass is 294 g/mol. The maximum Gasteiger partial charge on any atom is -0.0386 e. The maximum atomic E-state index is 2.56. The van der Waals surface area contributed by atoms with Gasteiger partial charge in [-0.25, -0.2) is 0 Å². The van der Waals surface area contributed by atoms with Crippen LogP contribution in [0, 0.1) is 17.8 Å². The van der Waals surface area contributed by atoms with Gasteiger partial charge in [-0.15, -0.1) is 0 Å². The fraction of sp³-hybridized carbons (Fsp3) is 1.00. The molecule has 1 fully saturated rings. The lowest BCUT2D eigenvalue weighted by molar-refractivity contribution is 0.212. The minimum absolute atomic E-state index is 0.939. The minimum atomic E-state index is 0.939. The first-order chi connectivity index (χ1) is 10.3. The second kappa shape index (κ2) is 12.5. The molecule has 0 heterocycles. The summed E-state index contributed by atoms with van der Waals surface area (Å²) in [5, 5.41) is 0. The van der Waals surface area contributed by atoms with E-state index in [2.05, 4.69) is 20.8 Å². The molecule has 2 unspecified atom stereocenters. The van der Waals surface area contributed by atoms with Crippen LogP contribution in [0.25, 0.3) is 0 Å². The summed E-state index contributed by atoms with van der Waals surface area (Å²) in [6.45, 7) is 7.41. The van der Waals surface area contributed by atoms with Gasteiger partial charge in [-0.2, -0.15) is 0 Å². The summed E-state index contributed by atoms with van der Waals surface area (Å²) in [7, 11) is 0. The van der Waals surface area contributed by atoms with Crippen molar-refractivity contribution >= 4 is 0 Å². The molecular formula is C21H42. The SMILES string of the molecule is CCCCCC(C)C(C)C1CCCCCCCCCCC1. The summed E-state index contributed by atoms with van der Waals surface area (Å²) in [6.07, 6.45) is 22.2. The van der Waals surface area contributed by atoms with E-state index in [0.29, 0.717) is 0 Å². The fourth-order valence-corrected chi connectivity index (χ4v) is 4.16. The number of hydrogen-bond donors (Lipinski definition) is 0. The van der Waals surface area contributed by atoms with E-state index in [4.69, 9.17) is 0 Å². The van der Waals surface area contributed by atoms with E-state index < -0.39 is 0 Å². The molecule has 0 aromatic carbocycles. The predicted octanol–water partition coefficient (Wildman–Crippen LogP) is 7.76. The van der Waals surface area contributed by atoms with Crippen molar-refractivity contribution in [1.82, 2.24) is 0 Å². The van der Waals surface area contributed by atoms with Crippen molar-refractivity contribution < 1.29 is 0 Å². The van der Waals surface area contributed by atoms with E-state index in [1.807, 2.05) is 0 Å². The van der Waals surface area contributed by atoms with Gasteiger partial charge in [0.25, 0.3) is 0 Å². The molecule has 0 N–H and O–H groups in total. The van der Waals surface area contributed by atoms with Crippen LogP contribution < -0.4 is 0 Å². The van der Waals surface area contributed by atoms with Crippen LogP contribution in [0.1, 0.15) is 117 Å². The van der Waals surface area contributed by atoms with Crippen LogP contribution in [-0.2, 0) is 0 Å². The van der Waals surface area contributed by atoms with Crippen LogP contribution in [0.5, 0.6) is 0 Å². The van der Waals surface area contributed by atoms with E-state index in [0.717, 1.165) is 17.8 Å². The Labute approximate surface area is 135 Å². The molecule has 0 aromatic rings. The molecule has 1 aliphatic rings. The average molecular weight is 295 g/mol. The van der Waals surface area contributed by atoms with Gasteiger partial charge in [-0.3, -0.25) is 0 Å². The highest BCUT2D eigenvalue weighted by Crippen LogP contribution is 2.33. The molecule has 0 heteroatoms. The van der Waals surface area contributed by atoms with E-state index in [1.54, 1.807) is 0 Å². The lowest BCUT2D eigenvalue weighted by atomic mass is 9.76. The largest absolute Gasteiger partial charge is 0.0654 e. The molecule has 0 aliphatic heterocycles. The van der Waals surface area contributed by atoms with Crippen LogP contribution in [0.4, 0.5) is 0 Å². The number of hydrogen-bond acceptors (Lipinski definition) is 0. The highest BCUT2D eigenvalue weighted by atomic mass is 14.3. The molecule has 0 bridgehead atoms. The molecule has 0 radical (unpaired) electrons. The lowest BCUT2D eigenvalue weighted by Gasteiger charge is -2.29. The van der Waals surface area contributed by atoms with Gasteiger partial charge in [0.05, 0.1) is 0 Å². The fourth-order valence-electron chi connectivity index (χ4n) is 4.16. The number of unbranched alkanes of at least 4 members (excludes halogenated alkanes) is 2. The summed E-state index contributed by atoms with van der Waals surface area (Å²) < 4.78 is 0. The smallest absolute Gasteiger partial charge is 0.0386 e. The Balaban J connectivity index is 2.37. The standard InChI is InChI=1S/C21H42/c1-4-5-13-16-19(2)20(3)21-17-14-11-9-7-6-8-10-12-15-18-21/h19-21H,4-18H2,1-3H3. The summed E-state index contributed by atoms with van der Waals surface area (Å²) in [5.74, 6) is 2.90. The summed E-state index contributed by atoms with van der Waals surface area (Å²) in [4.78, 5) is 0. The molecular weight excluding hydrogens is 252 g/mol. The Morgan fingerprint density at radius 3 is 1.67 bits per heavy atom. The van der Waals surface area contributed by atoms with E-state index in [1.165, 1.54) is 96.3 Å². The molecule has 0 aromatic heterocycles. The third-order valence-electron chi connectivity index (χ3n) is 6.05. The molecule has 2 atom stereocenters. The molecule has 1 rings (SSSR count). The Bertz CT molecular complexity index is 208. The maximum absolute atomic E-state index is 2.56. The first kappa shape index (κ1) is 19.0. The first-order valence-corrected chi connectivity index (χ1v) is 10.3. The normalized spacial score (nSPS) is 23.0. The van der Waals surface area contributed by atoms with Gasteiger partial charge in [0.2, 0.25) is 0 Å². The van der Waals surface area contributed by atoms with E-state index >= 15 is 0 Å². The summed E-state index contributed by atoms with van der Waals surface area (Å²) >= 11 is 0. The summed E-state index contributed by atoms with van der Waals surface area (Å²) in [6, 6.07) is 0. The molecule has 0 spiro atoms. The van der Waals surface area contributed by atoms with Crippen molar-refractivity contribution in [1.29, 1.82) is 0 Å². The Hall–Kier alpha value is 0. The molecule has 0 nitrogen and oxygen atoms in total. The third-order valence-corrected chi connectivity index (χ3v) is 6.05. The molecule has 0 amide bonds. The van der Waals surface area contributed by atoms with Gasteiger partial charge in [0.1, 0.15) is 0 Å². The Kier molecular flexibility index (Phi) is 11.4. The van der Waals surface area contributed by atoms with E-state index in [-0.39, 0.29) is 0 Å². The second-order valence-corrected chi connectivity index (χ2v) is 7.85. The van der Waals surface area contributed by atoms with Gasteiger partial charge in [0, 0.05) is 0 Å². The first-order valence-electron chi connectivity index (χ1n) is 10.3. The topological polar surface area (TPSA) is 0 Å². The number of rotatable bonds is 6. The van der Waals surface area contributed by atoms with Crippen LogP contribution in [0.3, 0.4) is 0 Å². The van der Waals surface area contributed by atoms with Crippen molar-refractivity contribution in [3.63, 3.8) is 0 Å².